The van der Waals surface area contributed by atoms with Gasteiger partial charge in [-0.15, -0.1) is 0 Å². The second-order valence-corrected chi connectivity index (χ2v) is 6.44. The fraction of sp³-hybridized carbons (Fsp3) is 0.650. The zero-order valence-corrected chi connectivity index (χ0v) is 16.9. The molecule has 2 N–H and O–H groups in total. The number of nitrogens with zero attached hydrogens (tertiary/aromatic N) is 2. The first-order valence-electron chi connectivity index (χ1n) is 9.37. The number of aryl methyl sites for hydroxylation is 1. The molecule has 5 nitrogen and oxygen atoms in total. The molecular formula is C20H36N4O. The van der Waals surface area contributed by atoms with Crippen LogP contribution in [-0.2, 0) is 6.54 Å². The van der Waals surface area contributed by atoms with Crippen molar-refractivity contribution in [2.24, 2.45) is 4.99 Å². The normalized spacial score (nSPS) is 13.0. The first-order valence-corrected chi connectivity index (χ1v) is 9.37. The molecule has 0 aromatic heterocycles. The summed E-state index contributed by atoms with van der Waals surface area (Å²) in [4.78, 5) is 6.79. The largest absolute Gasteiger partial charge is 0.496 e. The molecule has 1 aromatic rings. The molecule has 1 rings (SSSR count). The lowest BCUT2D eigenvalue weighted by atomic mass is 10.1. The average molecular weight is 349 g/mol. The van der Waals surface area contributed by atoms with E-state index in [-0.39, 0.29) is 0 Å². The van der Waals surface area contributed by atoms with Gasteiger partial charge in [-0.05, 0) is 63.5 Å². The minimum absolute atomic E-state index is 0.398. The Bertz CT molecular complexity index is 526. The number of hydrogen-bond donors (Lipinski definition) is 2. The second-order valence-electron chi connectivity index (χ2n) is 6.44. The van der Waals surface area contributed by atoms with Crippen molar-refractivity contribution in [3.63, 3.8) is 0 Å². The number of aliphatic imine (C=N–C) groups is 1. The van der Waals surface area contributed by atoms with Crippen LogP contribution in [0.5, 0.6) is 5.75 Å². The van der Waals surface area contributed by atoms with Crippen molar-refractivity contribution >= 4 is 5.96 Å². The molecule has 0 bridgehead atoms. The summed E-state index contributed by atoms with van der Waals surface area (Å²) in [6, 6.07) is 6.67. The molecule has 0 radical (unpaired) electrons. The van der Waals surface area contributed by atoms with Gasteiger partial charge >= 0.3 is 0 Å². The minimum atomic E-state index is 0.398. The summed E-state index contributed by atoms with van der Waals surface area (Å²) >= 11 is 0. The first kappa shape index (κ1) is 21.3. The topological polar surface area (TPSA) is 48.9 Å². The molecule has 142 valence electrons. The molecule has 1 aromatic carbocycles. The third kappa shape index (κ3) is 7.78. The predicted octanol–water partition coefficient (Wildman–Crippen LogP) is 3.18. The van der Waals surface area contributed by atoms with E-state index in [0.29, 0.717) is 6.04 Å². The van der Waals surface area contributed by atoms with Gasteiger partial charge in [-0.3, -0.25) is 4.99 Å². The lowest BCUT2D eigenvalue weighted by molar-refractivity contribution is 0.292. The number of benzene rings is 1. The molecule has 0 aliphatic heterocycles. The van der Waals surface area contributed by atoms with Crippen LogP contribution in [0.2, 0.25) is 0 Å². The van der Waals surface area contributed by atoms with E-state index in [2.05, 4.69) is 66.4 Å². The van der Waals surface area contributed by atoms with Gasteiger partial charge in [0, 0.05) is 19.6 Å². The number of nitrogens with one attached hydrogen (secondary N) is 2. The highest BCUT2D eigenvalue weighted by Crippen LogP contribution is 2.18. The van der Waals surface area contributed by atoms with Gasteiger partial charge in [0.2, 0.25) is 0 Å². The van der Waals surface area contributed by atoms with Crippen molar-refractivity contribution < 1.29 is 4.74 Å². The fourth-order valence-corrected chi connectivity index (χ4v) is 2.82. The highest BCUT2D eigenvalue weighted by atomic mass is 16.5. The van der Waals surface area contributed by atoms with E-state index in [9.17, 15) is 0 Å². The molecule has 0 amide bonds. The Hall–Kier alpha value is -1.75. The van der Waals surface area contributed by atoms with E-state index in [1.807, 2.05) is 7.05 Å². The Morgan fingerprint density at radius 3 is 2.60 bits per heavy atom. The summed E-state index contributed by atoms with van der Waals surface area (Å²) in [5.74, 6) is 1.77. The Balaban J connectivity index is 2.41. The number of hydrogen-bond acceptors (Lipinski definition) is 3. The predicted molar refractivity (Wildman–Crippen MR) is 108 cm³/mol. The highest BCUT2D eigenvalue weighted by Gasteiger charge is 2.07. The molecule has 0 saturated carbocycles. The van der Waals surface area contributed by atoms with E-state index in [1.54, 1.807) is 7.11 Å². The highest BCUT2D eigenvalue weighted by molar-refractivity contribution is 5.79. The lowest BCUT2D eigenvalue weighted by Crippen LogP contribution is -2.42. The second kappa shape index (κ2) is 11.7. The van der Waals surface area contributed by atoms with Gasteiger partial charge in [0.1, 0.15) is 5.75 Å². The van der Waals surface area contributed by atoms with E-state index in [4.69, 9.17) is 4.74 Å². The van der Waals surface area contributed by atoms with E-state index < -0.39 is 0 Å². The monoisotopic (exact) mass is 348 g/mol. The van der Waals surface area contributed by atoms with Crippen LogP contribution < -0.4 is 15.4 Å². The number of methoxy groups -OCH3 is 1. The third-order valence-corrected chi connectivity index (χ3v) is 4.55. The molecule has 0 fully saturated rings. The van der Waals surface area contributed by atoms with Crippen molar-refractivity contribution in [3.8, 4) is 5.75 Å². The van der Waals surface area contributed by atoms with Gasteiger partial charge in [0.05, 0.1) is 7.11 Å². The molecule has 1 atom stereocenters. The Labute approximate surface area is 153 Å². The van der Waals surface area contributed by atoms with E-state index in [1.165, 1.54) is 12.0 Å². The smallest absolute Gasteiger partial charge is 0.191 e. The van der Waals surface area contributed by atoms with Gasteiger partial charge in [-0.1, -0.05) is 26.0 Å². The molecule has 25 heavy (non-hydrogen) atoms. The van der Waals surface area contributed by atoms with Crippen LogP contribution in [0.1, 0.15) is 44.7 Å². The average Bonchev–Trinajstić information content (AvgIpc) is 2.63. The molecule has 1 unspecified atom stereocenters. The molecule has 0 saturated heterocycles. The minimum Gasteiger partial charge on any atom is -0.496 e. The maximum Gasteiger partial charge on any atom is 0.191 e. The lowest BCUT2D eigenvalue weighted by Gasteiger charge is -2.21. The molecule has 5 heteroatoms. The maximum absolute atomic E-state index is 5.39. The van der Waals surface area contributed by atoms with Gasteiger partial charge in [0.15, 0.2) is 5.96 Å². The van der Waals surface area contributed by atoms with E-state index >= 15 is 0 Å². The summed E-state index contributed by atoms with van der Waals surface area (Å²) < 4.78 is 5.39. The number of ether oxygens (including phenoxy) is 1. The first-order chi connectivity index (χ1) is 12.0. The standard InChI is InChI=1S/C20H36N4O/c1-7-24(8-2)13-9-10-17(4)23-20(21-5)22-15-18-12-11-16(3)19(14-18)25-6/h11-12,14,17H,7-10,13,15H2,1-6H3,(H2,21,22,23). The summed E-state index contributed by atoms with van der Waals surface area (Å²) in [5, 5.41) is 6.86. The number of rotatable bonds is 10. The van der Waals surface area contributed by atoms with Gasteiger partial charge < -0.3 is 20.3 Å². The Morgan fingerprint density at radius 2 is 2.00 bits per heavy atom. The van der Waals surface area contributed by atoms with Gasteiger partial charge in [-0.2, -0.15) is 0 Å². The fourth-order valence-electron chi connectivity index (χ4n) is 2.82. The zero-order valence-electron chi connectivity index (χ0n) is 16.9. The van der Waals surface area contributed by atoms with Crippen LogP contribution in [0, 0.1) is 6.92 Å². The van der Waals surface area contributed by atoms with Crippen molar-refractivity contribution in [3.05, 3.63) is 29.3 Å². The molecule has 0 spiro atoms. The van der Waals surface area contributed by atoms with E-state index in [0.717, 1.165) is 49.9 Å². The summed E-state index contributed by atoms with van der Waals surface area (Å²) in [5.41, 5.74) is 2.33. The van der Waals surface area contributed by atoms with Crippen LogP contribution in [0.25, 0.3) is 0 Å². The van der Waals surface area contributed by atoms with Crippen LogP contribution in [0.4, 0.5) is 0 Å². The van der Waals surface area contributed by atoms with Crippen LogP contribution >= 0.6 is 0 Å². The Kier molecular flexibility index (Phi) is 10.0. The quantitative estimate of drug-likeness (QED) is 0.504. The molecular weight excluding hydrogens is 312 g/mol. The SMILES string of the molecule is CCN(CC)CCCC(C)NC(=NC)NCc1ccc(C)c(OC)c1. The van der Waals surface area contributed by atoms with Crippen LogP contribution in [-0.4, -0.2) is 50.7 Å². The zero-order chi connectivity index (χ0) is 18.7. The molecule has 0 aliphatic carbocycles. The maximum atomic E-state index is 5.39. The summed E-state index contributed by atoms with van der Waals surface area (Å²) in [6.45, 7) is 12.8. The van der Waals surface area contributed by atoms with Crippen molar-refractivity contribution in [2.75, 3.05) is 33.8 Å². The molecule has 0 heterocycles. The molecule has 0 aliphatic rings. The van der Waals surface area contributed by atoms with Crippen molar-refractivity contribution in [1.29, 1.82) is 0 Å². The Morgan fingerprint density at radius 1 is 1.28 bits per heavy atom. The van der Waals surface area contributed by atoms with Crippen molar-refractivity contribution in [1.82, 2.24) is 15.5 Å². The number of guanidine groups is 1. The van der Waals surface area contributed by atoms with Gasteiger partial charge in [0.25, 0.3) is 0 Å². The summed E-state index contributed by atoms with van der Waals surface area (Å²) in [6.07, 6.45) is 2.33. The summed E-state index contributed by atoms with van der Waals surface area (Å²) in [7, 11) is 3.52. The van der Waals surface area contributed by atoms with Crippen molar-refractivity contribution in [2.45, 2.75) is 53.1 Å². The van der Waals surface area contributed by atoms with Crippen LogP contribution in [0.3, 0.4) is 0 Å². The third-order valence-electron chi connectivity index (χ3n) is 4.55. The van der Waals surface area contributed by atoms with Gasteiger partial charge in [-0.25, -0.2) is 0 Å². The van der Waals surface area contributed by atoms with Crippen LogP contribution in [0.15, 0.2) is 23.2 Å².